The highest BCUT2D eigenvalue weighted by Crippen LogP contribution is 2.79. The smallest absolute Gasteiger partial charge is 0.119 e. The quantitative estimate of drug-likeness (QED) is 0.171. The van der Waals surface area contributed by atoms with E-state index in [1.54, 1.807) is 33.4 Å². The van der Waals surface area contributed by atoms with Gasteiger partial charge in [-0.05, 0) is 141 Å². The number of benzene rings is 6. The van der Waals surface area contributed by atoms with E-state index in [4.69, 9.17) is 4.74 Å². The predicted molar refractivity (Wildman–Crippen MR) is 207 cm³/mol. The monoisotopic (exact) mass is 658 g/mol. The Morgan fingerprint density at radius 2 is 0.745 bits per heavy atom. The topological polar surface area (TPSA) is 9.23 Å². The minimum Gasteiger partial charge on any atom is -0.497 e. The maximum absolute atomic E-state index is 6.14. The molecule has 51 heavy (non-hydrogen) atoms. The minimum atomic E-state index is -0.0477. The second-order valence-corrected chi connectivity index (χ2v) is 17.0. The van der Waals surface area contributed by atoms with Crippen molar-refractivity contribution in [2.75, 3.05) is 7.11 Å². The first kappa shape index (κ1) is 28.8. The van der Waals surface area contributed by atoms with Crippen LogP contribution in [0.4, 0.5) is 0 Å². The molecule has 0 heterocycles. The maximum atomic E-state index is 6.14. The van der Waals surface area contributed by atoms with E-state index < -0.39 is 0 Å². The molecule has 3 spiro atoms. The summed E-state index contributed by atoms with van der Waals surface area (Å²) in [6.45, 7) is 0. The van der Waals surface area contributed by atoms with Gasteiger partial charge in [0, 0.05) is 16.2 Å². The molecule has 7 atom stereocenters. The van der Waals surface area contributed by atoms with Crippen molar-refractivity contribution in [1.82, 2.24) is 0 Å². The Balaban J connectivity index is 1.28. The molecular formula is C50H42O. The van der Waals surface area contributed by atoms with Gasteiger partial charge in [0.25, 0.3) is 0 Å². The number of rotatable bonds is 1. The fraction of sp³-hybridized carbons (Fsp3) is 0.280. The number of ether oxygens (including phenoxy) is 1. The number of hydrogen-bond donors (Lipinski definition) is 0. The van der Waals surface area contributed by atoms with Crippen LogP contribution in [0.1, 0.15) is 89.7 Å². The Morgan fingerprint density at radius 3 is 1.18 bits per heavy atom. The van der Waals surface area contributed by atoms with E-state index in [0.29, 0.717) is 23.7 Å². The molecule has 6 aliphatic rings. The Labute approximate surface area is 301 Å². The lowest BCUT2D eigenvalue weighted by molar-refractivity contribution is -0.0788. The molecule has 1 heteroatoms. The van der Waals surface area contributed by atoms with Gasteiger partial charge in [-0.25, -0.2) is 0 Å². The number of fused-ring (bicyclic) bond motifs is 15. The second-order valence-electron chi connectivity index (χ2n) is 17.0. The zero-order valence-corrected chi connectivity index (χ0v) is 29.2. The predicted octanol–water partition coefficient (Wildman–Crippen LogP) is 12.1. The Hall–Kier alpha value is -4.88. The van der Waals surface area contributed by atoms with E-state index in [1.165, 1.54) is 71.9 Å². The molecule has 1 nitrogen and oxygen atoms in total. The van der Waals surface area contributed by atoms with Crippen molar-refractivity contribution >= 4 is 0 Å². The van der Waals surface area contributed by atoms with Crippen LogP contribution in [0.5, 0.6) is 5.75 Å². The first-order chi connectivity index (χ1) is 25.1. The van der Waals surface area contributed by atoms with Gasteiger partial charge in [-0.15, -0.1) is 0 Å². The van der Waals surface area contributed by atoms with Crippen molar-refractivity contribution in [1.29, 1.82) is 0 Å². The summed E-state index contributed by atoms with van der Waals surface area (Å²) in [5, 5.41) is 0. The van der Waals surface area contributed by atoms with Gasteiger partial charge in [-0.3, -0.25) is 0 Å². The Morgan fingerprint density at radius 1 is 0.392 bits per heavy atom. The maximum Gasteiger partial charge on any atom is 0.119 e. The summed E-state index contributed by atoms with van der Waals surface area (Å²) >= 11 is 0. The van der Waals surface area contributed by atoms with Gasteiger partial charge in [-0.2, -0.15) is 0 Å². The van der Waals surface area contributed by atoms with Gasteiger partial charge >= 0.3 is 0 Å². The van der Waals surface area contributed by atoms with Crippen LogP contribution < -0.4 is 4.74 Å². The minimum absolute atomic E-state index is 0.00610. The molecule has 0 N–H and O–H groups in total. The first-order valence-electron chi connectivity index (χ1n) is 19.3. The van der Waals surface area contributed by atoms with E-state index in [1.807, 2.05) is 7.11 Å². The summed E-state index contributed by atoms with van der Waals surface area (Å²) in [6.07, 6.45) is 7.20. The van der Waals surface area contributed by atoms with Crippen molar-refractivity contribution in [2.24, 2.45) is 5.92 Å². The van der Waals surface area contributed by atoms with Crippen molar-refractivity contribution in [2.45, 2.75) is 72.5 Å². The van der Waals surface area contributed by atoms with Crippen molar-refractivity contribution in [3.63, 3.8) is 0 Å². The van der Waals surface area contributed by atoms with Crippen LogP contribution in [0.2, 0.25) is 0 Å². The molecule has 6 aromatic rings. The summed E-state index contributed by atoms with van der Waals surface area (Å²) in [6, 6.07) is 55.0. The molecule has 0 radical (unpaired) electrons. The Bertz CT molecular complexity index is 2390. The average molecular weight is 659 g/mol. The van der Waals surface area contributed by atoms with E-state index >= 15 is 0 Å². The van der Waals surface area contributed by atoms with E-state index in [9.17, 15) is 0 Å². The molecule has 0 aliphatic heterocycles. The van der Waals surface area contributed by atoms with Gasteiger partial charge in [0.15, 0.2) is 0 Å². The summed E-state index contributed by atoms with van der Waals surface area (Å²) in [7, 11) is 1.85. The lowest BCUT2D eigenvalue weighted by atomic mass is 9.32. The summed E-state index contributed by atoms with van der Waals surface area (Å²) in [4.78, 5) is 0. The molecule has 6 bridgehead atoms. The third kappa shape index (κ3) is 3.49. The summed E-state index contributed by atoms with van der Waals surface area (Å²) in [5.74, 6) is 2.84. The fourth-order valence-corrected chi connectivity index (χ4v) is 14.1. The van der Waals surface area contributed by atoms with E-state index in [2.05, 4.69) is 140 Å². The zero-order chi connectivity index (χ0) is 33.5. The van der Waals surface area contributed by atoms with Crippen LogP contribution in [-0.2, 0) is 16.2 Å². The van der Waals surface area contributed by atoms with Crippen molar-refractivity contribution in [3.8, 4) is 39.1 Å². The molecule has 248 valence electrons. The van der Waals surface area contributed by atoms with Gasteiger partial charge in [0.2, 0.25) is 0 Å². The third-order valence-corrected chi connectivity index (χ3v) is 15.1. The first-order valence-corrected chi connectivity index (χ1v) is 19.3. The number of methoxy groups -OCH3 is 1. The van der Waals surface area contributed by atoms with Crippen molar-refractivity contribution < 1.29 is 4.74 Å². The molecule has 0 saturated heterocycles. The highest BCUT2D eigenvalue weighted by atomic mass is 16.5. The highest BCUT2D eigenvalue weighted by Gasteiger charge is 2.72. The van der Waals surface area contributed by atoms with Gasteiger partial charge < -0.3 is 4.74 Å². The second kappa shape index (κ2) is 9.91. The molecule has 0 amide bonds. The van der Waals surface area contributed by atoms with E-state index in [0.717, 1.165) is 5.75 Å². The van der Waals surface area contributed by atoms with E-state index in [-0.39, 0.29) is 16.2 Å². The molecule has 6 aliphatic carbocycles. The molecule has 6 aromatic carbocycles. The zero-order valence-electron chi connectivity index (χ0n) is 29.2. The molecule has 3 fully saturated rings. The fourth-order valence-electron chi connectivity index (χ4n) is 14.1. The van der Waals surface area contributed by atoms with Crippen LogP contribution in [-0.4, -0.2) is 7.11 Å². The molecule has 3 saturated carbocycles. The molecule has 12 rings (SSSR count). The average Bonchev–Trinajstić information content (AvgIpc) is 3.38. The lowest BCUT2D eigenvalue weighted by Crippen LogP contribution is -2.67. The lowest BCUT2D eigenvalue weighted by Gasteiger charge is -2.70. The standard InChI is InChI=1S/C50H42O/c1-51-34-22-23-43-40-17-7-4-14-37(40)33-28-49-26-31(35-12-2-5-15-38(35)41-18-8-10-20-44(41)49)25-48-27-32(29-50(30-33,47(48)49)46(43)24-34)36-13-3-6-16-39(36)42-19-9-11-21-45(42)48/h2-24,31-33,47H,25-30H2,1H3. The Kier molecular flexibility index (Phi) is 5.59. The molecule has 7 unspecified atom stereocenters. The normalized spacial score (nSPS) is 31.0. The SMILES string of the molecule is COc1ccc2c(c1)C13CC4CC5(CC6CC(CC(C1)c1ccccc1-2)(c1ccccc1-c1ccccc16)C53)c1ccccc1-c1ccccc14. The third-order valence-electron chi connectivity index (χ3n) is 15.1. The van der Waals surface area contributed by atoms with Crippen LogP contribution >= 0.6 is 0 Å². The van der Waals surface area contributed by atoms with Gasteiger partial charge in [0.05, 0.1) is 7.11 Å². The largest absolute Gasteiger partial charge is 0.497 e. The van der Waals surface area contributed by atoms with Gasteiger partial charge in [-0.1, -0.05) is 127 Å². The highest BCUT2D eigenvalue weighted by molar-refractivity contribution is 5.81. The van der Waals surface area contributed by atoms with Crippen LogP contribution in [0, 0.1) is 5.92 Å². The summed E-state index contributed by atoms with van der Waals surface area (Å²) < 4.78 is 6.14. The van der Waals surface area contributed by atoms with Crippen LogP contribution in [0.25, 0.3) is 33.4 Å². The number of hydrogen-bond acceptors (Lipinski definition) is 1. The summed E-state index contributed by atoms with van der Waals surface area (Å²) in [5.41, 5.74) is 18.2. The van der Waals surface area contributed by atoms with Crippen LogP contribution in [0.15, 0.2) is 140 Å². The van der Waals surface area contributed by atoms with Crippen LogP contribution in [0.3, 0.4) is 0 Å². The van der Waals surface area contributed by atoms with Gasteiger partial charge in [0.1, 0.15) is 5.75 Å². The van der Waals surface area contributed by atoms with Crippen molar-refractivity contribution in [3.05, 3.63) is 173 Å². The molecular weight excluding hydrogens is 617 g/mol. The molecule has 0 aromatic heterocycles.